The average molecular weight is 293 g/mol. The summed E-state index contributed by atoms with van der Waals surface area (Å²) >= 11 is 1.56. The fourth-order valence-corrected chi connectivity index (χ4v) is 3.06. The lowest BCUT2D eigenvalue weighted by Crippen LogP contribution is -1.88. The Bertz CT molecular complexity index is 739. The third-order valence-corrected chi connectivity index (χ3v) is 4.26. The number of H-pyrrole nitrogens is 1. The molecule has 0 saturated heterocycles. The third-order valence-electron chi connectivity index (χ3n) is 3.16. The highest BCUT2D eigenvalue weighted by atomic mass is 32.1. The molecule has 1 aromatic carbocycles. The Morgan fingerprint density at radius 1 is 1.05 bits per heavy atom. The number of aromatic nitrogens is 1. The second-order valence-corrected chi connectivity index (χ2v) is 5.92. The number of carbonyl (C=O) groups excluding carboxylic acids is 1. The minimum Gasteiger partial charge on any atom is -0.362 e. The number of thiophene rings is 1. The maximum absolute atomic E-state index is 12.1. The summed E-state index contributed by atoms with van der Waals surface area (Å²) in [7, 11) is 0. The molecule has 3 heteroatoms. The smallest absolute Gasteiger partial charge is 0.195 e. The molecule has 3 aromatic rings. The van der Waals surface area contributed by atoms with Crippen molar-refractivity contribution in [3.8, 4) is 0 Å². The number of nitrogens with one attached hydrogen (secondary N) is 1. The summed E-state index contributed by atoms with van der Waals surface area (Å²) in [6, 6.07) is 18.1. The SMILES string of the molecule is O=C(/C=C/c1ccc[nH]1)c1ccc(Cc2ccccc2)s1. The molecular weight excluding hydrogens is 278 g/mol. The standard InChI is InChI=1S/C18H15NOS/c20-17(10-8-15-7-4-12-19-15)18-11-9-16(21-18)13-14-5-2-1-3-6-14/h1-12,19H,13H2/b10-8+. The summed E-state index contributed by atoms with van der Waals surface area (Å²) in [4.78, 5) is 17.1. The summed E-state index contributed by atoms with van der Waals surface area (Å²) < 4.78 is 0. The topological polar surface area (TPSA) is 32.9 Å². The zero-order valence-electron chi connectivity index (χ0n) is 11.5. The molecule has 0 radical (unpaired) electrons. The van der Waals surface area contributed by atoms with Gasteiger partial charge in [0.05, 0.1) is 4.88 Å². The van der Waals surface area contributed by atoms with Crippen LogP contribution in [0.1, 0.15) is 25.8 Å². The largest absolute Gasteiger partial charge is 0.362 e. The highest BCUT2D eigenvalue weighted by molar-refractivity contribution is 7.14. The first-order valence-corrected chi connectivity index (χ1v) is 7.61. The molecule has 0 aliphatic rings. The highest BCUT2D eigenvalue weighted by Gasteiger charge is 2.07. The summed E-state index contributed by atoms with van der Waals surface area (Å²) in [6.45, 7) is 0. The molecule has 0 amide bonds. The number of hydrogen-bond acceptors (Lipinski definition) is 2. The predicted molar refractivity (Wildman–Crippen MR) is 87.7 cm³/mol. The van der Waals surface area contributed by atoms with Crippen LogP contribution in [0.15, 0.2) is 66.9 Å². The Kier molecular flexibility index (Phi) is 4.12. The van der Waals surface area contributed by atoms with Crippen LogP contribution in [0.2, 0.25) is 0 Å². The van der Waals surface area contributed by atoms with Crippen molar-refractivity contribution < 1.29 is 4.79 Å². The zero-order chi connectivity index (χ0) is 14.5. The van der Waals surface area contributed by atoms with E-state index in [4.69, 9.17) is 0 Å². The second kappa shape index (κ2) is 6.37. The quantitative estimate of drug-likeness (QED) is 0.543. The van der Waals surface area contributed by atoms with Gasteiger partial charge in [0.2, 0.25) is 0 Å². The lowest BCUT2D eigenvalue weighted by molar-refractivity contribution is 0.105. The van der Waals surface area contributed by atoms with Gasteiger partial charge in [0.25, 0.3) is 0 Å². The first kappa shape index (κ1) is 13.6. The molecule has 0 unspecified atom stereocenters. The molecule has 1 N–H and O–H groups in total. The first-order valence-electron chi connectivity index (χ1n) is 6.80. The van der Waals surface area contributed by atoms with Gasteiger partial charge in [0, 0.05) is 23.2 Å². The summed E-state index contributed by atoms with van der Waals surface area (Å²) in [5, 5.41) is 0. The first-order chi connectivity index (χ1) is 10.3. The molecule has 0 saturated carbocycles. The molecule has 0 bridgehead atoms. The fraction of sp³-hybridized carbons (Fsp3) is 0.0556. The van der Waals surface area contributed by atoms with E-state index < -0.39 is 0 Å². The van der Waals surface area contributed by atoms with E-state index in [0.717, 1.165) is 17.0 Å². The molecule has 104 valence electrons. The Morgan fingerprint density at radius 2 is 1.90 bits per heavy atom. The van der Waals surface area contributed by atoms with Crippen LogP contribution in [0.3, 0.4) is 0 Å². The van der Waals surface area contributed by atoms with Gasteiger partial charge >= 0.3 is 0 Å². The van der Waals surface area contributed by atoms with Crippen LogP contribution < -0.4 is 0 Å². The third kappa shape index (κ3) is 3.58. The molecule has 0 aliphatic carbocycles. The van der Waals surface area contributed by atoms with Crippen molar-refractivity contribution in [3.05, 3.63) is 87.9 Å². The van der Waals surface area contributed by atoms with Crippen molar-refractivity contribution >= 4 is 23.2 Å². The Morgan fingerprint density at radius 3 is 2.67 bits per heavy atom. The number of benzene rings is 1. The van der Waals surface area contributed by atoms with Crippen molar-refractivity contribution in [3.63, 3.8) is 0 Å². The van der Waals surface area contributed by atoms with Gasteiger partial charge in [-0.1, -0.05) is 30.3 Å². The lowest BCUT2D eigenvalue weighted by Gasteiger charge is -1.96. The van der Waals surface area contributed by atoms with Crippen molar-refractivity contribution in [2.45, 2.75) is 6.42 Å². The van der Waals surface area contributed by atoms with Crippen LogP contribution in [-0.2, 0) is 6.42 Å². The van der Waals surface area contributed by atoms with Crippen molar-refractivity contribution in [2.75, 3.05) is 0 Å². The van der Waals surface area contributed by atoms with Gasteiger partial charge in [-0.15, -0.1) is 11.3 Å². The van der Waals surface area contributed by atoms with Gasteiger partial charge in [-0.05, 0) is 42.0 Å². The Balaban J connectivity index is 1.68. The summed E-state index contributed by atoms with van der Waals surface area (Å²) in [5.41, 5.74) is 2.20. The number of hydrogen-bond donors (Lipinski definition) is 1. The molecule has 0 atom stereocenters. The van der Waals surface area contributed by atoms with Gasteiger partial charge in [-0.3, -0.25) is 4.79 Å². The van der Waals surface area contributed by atoms with Gasteiger partial charge < -0.3 is 4.98 Å². The van der Waals surface area contributed by atoms with Crippen LogP contribution >= 0.6 is 11.3 Å². The maximum atomic E-state index is 12.1. The second-order valence-electron chi connectivity index (χ2n) is 4.75. The van der Waals surface area contributed by atoms with Crippen molar-refractivity contribution in [1.29, 1.82) is 0 Å². The van der Waals surface area contributed by atoms with Gasteiger partial charge in [-0.2, -0.15) is 0 Å². The van der Waals surface area contributed by atoms with Crippen LogP contribution in [0.5, 0.6) is 0 Å². The van der Waals surface area contributed by atoms with Crippen molar-refractivity contribution in [1.82, 2.24) is 4.98 Å². The molecule has 21 heavy (non-hydrogen) atoms. The number of carbonyl (C=O) groups is 1. The number of aromatic amines is 1. The zero-order valence-corrected chi connectivity index (χ0v) is 12.3. The van der Waals surface area contributed by atoms with E-state index in [1.807, 2.05) is 48.7 Å². The molecular formula is C18H15NOS. The normalized spacial score (nSPS) is 11.0. The highest BCUT2D eigenvalue weighted by Crippen LogP contribution is 2.21. The van der Waals surface area contributed by atoms with E-state index in [-0.39, 0.29) is 5.78 Å². The summed E-state index contributed by atoms with van der Waals surface area (Å²) in [5.74, 6) is 0.0499. The lowest BCUT2D eigenvalue weighted by atomic mass is 10.1. The number of allylic oxidation sites excluding steroid dienone is 1. The van der Waals surface area contributed by atoms with Crippen molar-refractivity contribution in [2.24, 2.45) is 0 Å². The molecule has 2 nitrogen and oxygen atoms in total. The van der Waals surface area contributed by atoms with Crippen LogP contribution in [0, 0.1) is 0 Å². The fourth-order valence-electron chi connectivity index (χ4n) is 2.10. The van der Waals surface area contributed by atoms with Crippen LogP contribution in [-0.4, -0.2) is 10.8 Å². The monoisotopic (exact) mass is 293 g/mol. The summed E-state index contributed by atoms with van der Waals surface area (Å²) in [6.07, 6.45) is 6.13. The van der Waals surface area contributed by atoms with E-state index in [0.29, 0.717) is 0 Å². The molecule has 2 heterocycles. The van der Waals surface area contributed by atoms with Gasteiger partial charge in [0.15, 0.2) is 5.78 Å². The van der Waals surface area contributed by atoms with Crippen LogP contribution in [0.4, 0.5) is 0 Å². The molecule has 3 rings (SSSR count). The average Bonchev–Trinajstić information content (AvgIpc) is 3.17. The van der Waals surface area contributed by atoms with E-state index in [9.17, 15) is 4.79 Å². The predicted octanol–water partition coefficient (Wildman–Crippen LogP) is 4.56. The molecule has 0 aliphatic heterocycles. The molecule has 0 fully saturated rings. The van der Waals surface area contributed by atoms with E-state index >= 15 is 0 Å². The van der Waals surface area contributed by atoms with Gasteiger partial charge in [-0.25, -0.2) is 0 Å². The minimum atomic E-state index is 0.0499. The number of rotatable bonds is 5. The Labute approximate surface area is 127 Å². The van der Waals surface area contributed by atoms with Crippen LogP contribution in [0.25, 0.3) is 6.08 Å². The maximum Gasteiger partial charge on any atom is 0.195 e. The minimum absolute atomic E-state index is 0.0499. The van der Waals surface area contributed by atoms with E-state index in [1.165, 1.54) is 10.4 Å². The van der Waals surface area contributed by atoms with E-state index in [2.05, 4.69) is 17.1 Å². The number of ketones is 1. The Hall–Kier alpha value is -2.39. The van der Waals surface area contributed by atoms with E-state index in [1.54, 1.807) is 23.5 Å². The molecule has 0 spiro atoms. The van der Waals surface area contributed by atoms with Gasteiger partial charge in [0.1, 0.15) is 0 Å². The molecule has 2 aromatic heterocycles.